The zero-order chi connectivity index (χ0) is 28.3. The minimum absolute atomic E-state index is 0.0336. The van der Waals surface area contributed by atoms with E-state index in [0.717, 1.165) is 0 Å². The third-order valence-corrected chi connectivity index (χ3v) is 5.28. The van der Waals surface area contributed by atoms with Crippen LogP contribution in [-0.4, -0.2) is 75.1 Å². The molecule has 4 atom stereocenters. The molecule has 0 heterocycles. The van der Waals surface area contributed by atoms with Crippen LogP contribution < -0.4 is 27.4 Å². The minimum Gasteiger partial charge on any atom is -0.508 e. The summed E-state index contributed by atoms with van der Waals surface area (Å²) in [7, 11) is 0. The fourth-order valence-corrected chi connectivity index (χ4v) is 3.24. The number of primary amides is 1. The lowest BCUT2D eigenvalue weighted by molar-refractivity contribution is -0.147. The fraction of sp³-hybridized carbons (Fsp3) is 0.478. The number of hydrogen-bond acceptors (Lipinski definition) is 8. The van der Waals surface area contributed by atoms with Crippen molar-refractivity contribution in [2.45, 2.75) is 63.7 Å². The van der Waals surface area contributed by atoms with Crippen LogP contribution in [0.3, 0.4) is 0 Å². The van der Waals surface area contributed by atoms with Crippen LogP contribution in [0.25, 0.3) is 0 Å². The van der Waals surface area contributed by atoms with Gasteiger partial charge in [-0.1, -0.05) is 26.0 Å². The predicted molar refractivity (Wildman–Crippen MR) is 129 cm³/mol. The summed E-state index contributed by atoms with van der Waals surface area (Å²) in [6.45, 7) is 3.12. The number of carbonyl (C=O) groups is 6. The smallest absolute Gasteiger partial charge is 0.326 e. The Morgan fingerprint density at radius 3 is 1.92 bits per heavy atom. The number of rotatable bonds is 15. The second-order valence-electron chi connectivity index (χ2n) is 8.77. The zero-order valence-corrected chi connectivity index (χ0v) is 20.5. The van der Waals surface area contributed by atoms with Crippen molar-refractivity contribution in [3.05, 3.63) is 29.8 Å². The molecule has 1 aromatic carbocycles. The highest BCUT2D eigenvalue weighted by atomic mass is 16.4. The van der Waals surface area contributed by atoms with E-state index in [0.29, 0.717) is 5.56 Å². The molecule has 37 heavy (non-hydrogen) atoms. The van der Waals surface area contributed by atoms with Crippen molar-refractivity contribution in [3.8, 4) is 5.75 Å². The minimum atomic E-state index is -1.73. The largest absolute Gasteiger partial charge is 0.508 e. The van der Waals surface area contributed by atoms with Crippen LogP contribution in [0.2, 0.25) is 0 Å². The van der Waals surface area contributed by atoms with E-state index in [2.05, 4.69) is 16.0 Å². The van der Waals surface area contributed by atoms with E-state index in [1.54, 1.807) is 26.0 Å². The first-order chi connectivity index (χ1) is 17.2. The lowest BCUT2D eigenvalue weighted by atomic mass is 10.0. The molecule has 4 unspecified atom stereocenters. The van der Waals surface area contributed by atoms with Crippen LogP contribution in [0.1, 0.15) is 38.7 Å². The first-order valence-electron chi connectivity index (χ1n) is 11.4. The van der Waals surface area contributed by atoms with E-state index in [9.17, 15) is 39.0 Å². The van der Waals surface area contributed by atoms with Crippen molar-refractivity contribution < 1.29 is 44.1 Å². The molecule has 14 heteroatoms. The number of carbonyl (C=O) groups excluding carboxylic acids is 4. The molecule has 4 amide bonds. The van der Waals surface area contributed by atoms with Crippen molar-refractivity contribution in [3.63, 3.8) is 0 Å². The van der Waals surface area contributed by atoms with Gasteiger partial charge in [-0.2, -0.15) is 0 Å². The number of nitrogens with two attached hydrogens (primary N) is 2. The number of phenolic OH excluding ortho intramolecular Hbond substituents is 1. The number of carboxylic acid groups (broad SMARTS) is 2. The van der Waals surface area contributed by atoms with Gasteiger partial charge >= 0.3 is 11.9 Å². The van der Waals surface area contributed by atoms with Crippen molar-refractivity contribution >= 4 is 35.6 Å². The molecular formula is C23H33N5O9. The van der Waals surface area contributed by atoms with Gasteiger partial charge in [0, 0.05) is 6.42 Å². The van der Waals surface area contributed by atoms with Gasteiger partial charge in [-0.3, -0.25) is 24.0 Å². The monoisotopic (exact) mass is 523 g/mol. The van der Waals surface area contributed by atoms with E-state index < -0.39 is 72.1 Å². The Morgan fingerprint density at radius 2 is 1.43 bits per heavy atom. The molecule has 204 valence electrons. The Balaban J connectivity index is 2.97. The molecule has 10 N–H and O–H groups in total. The highest BCUT2D eigenvalue weighted by Gasteiger charge is 2.32. The summed E-state index contributed by atoms with van der Waals surface area (Å²) in [5, 5.41) is 34.3. The molecule has 0 radical (unpaired) electrons. The fourth-order valence-electron chi connectivity index (χ4n) is 3.24. The zero-order valence-electron chi connectivity index (χ0n) is 20.5. The Hall–Kier alpha value is -4.20. The van der Waals surface area contributed by atoms with Crippen LogP contribution in [0.5, 0.6) is 5.75 Å². The van der Waals surface area contributed by atoms with E-state index in [4.69, 9.17) is 16.6 Å². The average molecular weight is 524 g/mol. The molecule has 0 aliphatic heterocycles. The van der Waals surface area contributed by atoms with Gasteiger partial charge in [-0.25, -0.2) is 4.79 Å². The van der Waals surface area contributed by atoms with Gasteiger partial charge in [0.1, 0.15) is 23.9 Å². The topological polar surface area (TPSA) is 251 Å². The highest BCUT2D eigenvalue weighted by molar-refractivity contribution is 5.95. The molecule has 0 aromatic heterocycles. The Labute approximate surface area is 212 Å². The first kappa shape index (κ1) is 30.8. The van der Waals surface area contributed by atoms with Gasteiger partial charge in [0.25, 0.3) is 0 Å². The molecule has 1 rings (SSSR count). The van der Waals surface area contributed by atoms with Gasteiger partial charge in [0.05, 0.1) is 12.5 Å². The van der Waals surface area contributed by atoms with Crippen LogP contribution in [0.4, 0.5) is 0 Å². The molecule has 0 aliphatic carbocycles. The number of aliphatic carboxylic acids is 2. The first-order valence-corrected chi connectivity index (χ1v) is 11.4. The third kappa shape index (κ3) is 10.9. The van der Waals surface area contributed by atoms with Crippen molar-refractivity contribution in [1.82, 2.24) is 16.0 Å². The summed E-state index contributed by atoms with van der Waals surface area (Å²) < 4.78 is 0. The van der Waals surface area contributed by atoms with Crippen LogP contribution in [-0.2, 0) is 35.2 Å². The number of hydrogen-bond donors (Lipinski definition) is 8. The van der Waals surface area contributed by atoms with E-state index in [-0.39, 0.29) is 25.0 Å². The number of aromatic hydroxyl groups is 1. The summed E-state index contributed by atoms with van der Waals surface area (Å²) in [5.74, 6) is -6.81. The average Bonchev–Trinajstić information content (AvgIpc) is 2.79. The van der Waals surface area contributed by atoms with Crippen LogP contribution in [0, 0.1) is 5.92 Å². The number of nitrogens with one attached hydrogen (secondary N) is 3. The number of benzene rings is 1. The summed E-state index contributed by atoms with van der Waals surface area (Å²) in [6.07, 6.45) is -1.28. The molecule has 0 spiro atoms. The summed E-state index contributed by atoms with van der Waals surface area (Å²) in [6, 6.07) is 0.560. The van der Waals surface area contributed by atoms with E-state index in [1.807, 2.05) is 0 Å². The van der Waals surface area contributed by atoms with Crippen molar-refractivity contribution in [1.29, 1.82) is 0 Å². The molecule has 0 saturated heterocycles. The summed E-state index contributed by atoms with van der Waals surface area (Å²) in [4.78, 5) is 71.8. The lowest BCUT2D eigenvalue weighted by Crippen LogP contribution is -2.58. The molecule has 0 aliphatic rings. The SMILES string of the molecule is CC(C)C(NC(=O)C(CCC(N)=O)NC(=O)C(N)Cc1ccc(O)cc1)C(=O)NC(CC(=O)O)C(=O)O. The second-order valence-corrected chi connectivity index (χ2v) is 8.77. The summed E-state index contributed by atoms with van der Waals surface area (Å²) >= 11 is 0. The third-order valence-electron chi connectivity index (χ3n) is 5.28. The second kappa shape index (κ2) is 14.4. The normalized spacial score (nSPS) is 14.1. The van der Waals surface area contributed by atoms with Gasteiger partial charge in [0.15, 0.2) is 0 Å². The Kier molecular flexibility index (Phi) is 12.0. The van der Waals surface area contributed by atoms with Crippen molar-refractivity contribution in [2.24, 2.45) is 17.4 Å². The molecule has 0 saturated carbocycles. The maximum atomic E-state index is 13.0. The molecule has 14 nitrogen and oxygen atoms in total. The number of carboxylic acids is 2. The van der Waals surface area contributed by atoms with Crippen LogP contribution >= 0.6 is 0 Å². The quantitative estimate of drug-likeness (QED) is 0.128. The molecule has 0 fully saturated rings. The molecular weight excluding hydrogens is 490 g/mol. The van der Waals surface area contributed by atoms with Crippen molar-refractivity contribution in [2.75, 3.05) is 0 Å². The lowest BCUT2D eigenvalue weighted by Gasteiger charge is -2.27. The maximum Gasteiger partial charge on any atom is 0.326 e. The van der Waals surface area contributed by atoms with E-state index >= 15 is 0 Å². The molecule has 0 bridgehead atoms. The van der Waals surface area contributed by atoms with Crippen LogP contribution in [0.15, 0.2) is 24.3 Å². The Bertz CT molecular complexity index is 997. The summed E-state index contributed by atoms with van der Waals surface area (Å²) in [5.41, 5.74) is 11.8. The Morgan fingerprint density at radius 1 is 0.865 bits per heavy atom. The highest BCUT2D eigenvalue weighted by Crippen LogP contribution is 2.11. The van der Waals surface area contributed by atoms with E-state index in [1.165, 1.54) is 12.1 Å². The van der Waals surface area contributed by atoms with Gasteiger partial charge in [-0.05, 0) is 36.5 Å². The van der Waals surface area contributed by atoms with Gasteiger partial charge in [0.2, 0.25) is 23.6 Å². The predicted octanol–water partition coefficient (Wildman–Crippen LogP) is -1.80. The standard InChI is InChI=1S/C23H33N5O9/c1-11(2)19(22(35)27-16(23(36)37)10-18(31)32)28-21(34)15(7-8-17(25)30)26-20(33)14(24)9-12-3-5-13(29)6-4-12/h3-6,11,14-16,19,29H,7-10,24H2,1-2H3,(H2,25,30)(H,26,33)(H,27,35)(H,28,34)(H,31,32)(H,36,37). The van der Waals surface area contributed by atoms with Gasteiger partial charge < -0.3 is 42.7 Å². The maximum absolute atomic E-state index is 13.0. The molecule has 1 aromatic rings. The number of phenols is 1. The van der Waals surface area contributed by atoms with Gasteiger partial charge in [-0.15, -0.1) is 0 Å². The number of amides is 4.